The molecule has 1 aromatic heterocycles. The lowest BCUT2D eigenvalue weighted by atomic mass is 9.96. The molecular formula is C14H17N3O. The van der Waals surface area contributed by atoms with E-state index in [-0.39, 0.29) is 6.04 Å². The molecule has 4 heteroatoms. The zero-order valence-corrected chi connectivity index (χ0v) is 10.8. The van der Waals surface area contributed by atoms with Gasteiger partial charge < -0.3 is 10.5 Å². The van der Waals surface area contributed by atoms with Crippen LogP contribution in [0.2, 0.25) is 0 Å². The molecule has 1 aromatic carbocycles. The van der Waals surface area contributed by atoms with E-state index >= 15 is 0 Å². The quantitative estimate of drug-likeness (QED) is 0.897. The first-order valence-corrected chi connectivity index (χ1v) is 5.80. The van der Waals surface area contributed by atoms with E-state index in [2.05, 4.69) is 42.0 Å². The van der Waals surface area contributed by atoms with Gasteiger partial charge in [-0.3, -0.25) is 0 Å². The number of hydrogen-bond acceptors (Lipinski definition) is 4. The van der Waals surface area contributed by atoms with Gasteiger partial charge in [-0.05, 0) is 25.0 Å². The van der Waals surface area contributed by atoms with E-state index in [0.717, 1.165) is 11.1 Å². The van der Waals surface area contributed by atoms with Gasteiger partial charge in [0.05, 0.1) is 13.2 Å². The summed E-state index contributed by atoms with van der Waals surface area (Å²) >= 11 is 0. The number of methoxy groups -OCH3 is 1. The summed E-state index contributed by atoms with van der Waals surface area (Å²) < 4.78 is 4.93. The summed E-state index contributed by atoms with van der Waals surface area (Å²) in [7, 11) is 1.54. The summed E-state index contributed by atoms with van der Waals surface area (Å²) in [5, 5.41) is 0. The Hall–Kier alpha value is -1.94. The van der Waals surface area contributed by atoms with Crippen LogP contribution in [-0.4, -0.2) is 17.1 Å². The molecule has 0 spiro atoms. The highest BCUT2D eigenvalue weighted by Gasteiger charge is 2.12. The molecule has 2 rings (SSSR count). The summed E-state index contributed by atoms with van der Waals surface area (Å²) in [5.41, 5.74) is 10.6. The van der Waals surface area contributed by atoms with Crippen molar-refractivity contribution < 1.29 is 4.74 Å². The summed E-state index contributed by atoms with van der Waals surface area (Å²) in [6, 6.07) is 6.40. The fraction of sp³-hybridized carbons (Fsp3) is 0.286. The predicted octanol–water partition coefficient (Wildman–Crippen LogP) is 2.15. The molecule has 2 aromatic rings. The number of rotatable bonds is 3. The molecule has 0 saturated carbocycles. The van der Waals surface area contributed by atoms with Crippen molar-refractivity contribution in [3.8, 4) is 6.01 Å². The number of hydrogen-bond donors (Lipinski definition) is 1. The first-order valence-electron chi connectivity index (χ1n) is 5.80. The van der Waals surface area contributed by atoms with Crippen LogP contribution >= 0.6 is 0 Å². The molecule has 1 atom stereocenters. The van der Waals surface area contributed by atoms with Gasteiger partial charge >= 0.3 is 6.01 Å². The van der Waals surface area contributed by atoms with Crippen LogP contribution < -0.4 is 10.5 Å². The molecule has 1 unspecified atom stereocenters. The normalized spacial score (nSPS) is 12.2. The molecule has 4 nitrogen and oxygen atoms in total. The van der Waals surface area contributed by atoms with Crippen molar-refractivity contribution in [3.05, 3.63) is 52.8 Å². The topological polar surface area (TPSA) is 61.0 Å². The van der Waals surface area contributed by atoms with Crippen molar-refractivity contribution in [1.82, 2.24) is 9.97 Å². The molecule has 0 aliphatic carbocycles. The van der Waals surface area contributed by atoms with Gasteiger partial charge in [0.1, 0.15) is 0 Å². The third-order valence-electron chi connectivity index (χ3n) is 2.96. The highest BCUT2D eigenvalue weighted by atomic mass is 16.5. The van der Waals surface area contributed by atoms with Gasteiger partial charge in [0.25, 0.3) is 0 Å². The summed E-state index contributed by atoms with van der Waals surface area (Å²) in [5.74, 6) is 0. The molecule has 0 saturated heterocycles. The summed E-state index contributed by atoms with van der Waals surface area (Å²) in [6.07, 6.45) is 3.41. The molecule has 94 valence electrons. The lowest BCUT2D eigenvalue weighted by Gasteiger charge is -2.15. The molecule has 0 aliphatic heterocycles. The number of ether oxygens (including phenoxy) is 1. The fourth-order valence-electron chi connectivity index (χ4n) is 1.87. The van der Waals surface area contributed by atoms with Crippen LogP contribution in [0.15, 0.2) is 30.6 Å². The van der Waals surface area contributed by atoms with Gasteiger partial charge in [-0.15, -0.1) is 0 Å². The molecule has 0 fully saturated rings. The summed E-state index contributed by atoms with van der Waals surface area (Å²) in [6.45, 7) is 4.11. The Labute approximate surface area is 107 Å². The number of nitrogens with zero attached hydrogens (tertiary/aromatic N) is 2. The van der Waals surface area contributed by atoms with Crippen LogP contribution in [0.1, 0.15) is 28.3 Å². The van der Waals surface area contributed by atoms with Crippen molar-refractivity contribution in [2.24, 2.45) is 5.73 Å². The van der Waals surface area contributed by atoms with Crippen LogP contribution in [-0.2, 0) is 0 Å². The first-order chi connectivity index (χ1) is 8.61. The second-order valence-corrected chi connectivity index (χ2v) is 4.34. The van der Waals surface area contributed by atoms with E-state index in [9.17, 15) is 0 Å². The maximum Gasteiger partial charge on any atom is 0.316 e. The zero-order chi connectivity index (χ0) is 13.1. The van der Waals surface area contributed by atoms with E-state index in [0.29, 0.717) is 6.01 Å². The number of aromatic nitrogens is 2. The van der Waals surface area contributed by atoms with E-state index in [4.69, 9.17) is 10.5 Å². The Morgan fingerprint density at radius 1 is 1.17 bits per heavy atom. The van der Waals surface area contributed by atoms with Crippen LogP contribution in [0.3, 0.4) is 0 Å². The molecule has 1 heterocycles. The lowest BCUT2D eigenvalue weighted by Crippen LogP contribution is -2.14. The number of nitrogens with two attached hydrogens (primary N) is 1. The van der Waals surface area contributed by atoms with Crippen LogP contribution in [0.25, 0.3) is 0 Å². The van der Waals surface area contributed by atoms with Gasteiger partial charge in [-0.2, -0.15) is 0 Å². The molecule has 0 radical (unpaired) electrons. The molecule has 0 amide bonds. The van der Waals surface area contributed by atoms with Crippen LogP contribution in [0, 0.1) is 13.8 Å². The molecule has 0 aliphatic rings. The molecule has 18 heavy (non-hydrogen) atoms. The minimum Gasteiger partial charge on any atom is -0.467 e. The van der Waals surface area contributed by atoms with E-state index in [1.165, 1.54) is 11.1 Å². The van der Waals surface area contributed by atoms with Gasteiger partial charge in [0.15, 0.2) is 0 Å². The van der Waals surface area contributed by atoms with E-state index in [1.807, 2.05) is 0 Å². The van der Waals surface area contributed by atoms with Crippen molar-refractivity contribution >= 4 is 0 Å². The Kier molecular flexibility index (Phi) is 3.58. The zero-order valence-electron chi connectivity index (χ0n) is 10.8. The van der Waals surface area contributed by atoms with Crippen LogP contribution in [0.5, 0.6) is 6.01 Å². The molecule has 0 bridgehead atoms. The first kappa shape index (κ1) is 12.5. The number of benzene rings is 1. The second-order valence-electron chi connectivity index (χ2n) is 4.34. The van der Waals surface area contributed by atoms with Gasteiger partial charge in [0, 0.05) is 18.0 Å². The minimum absolute atomic E-state index is 0.212. The fourth-order valence-corrected chi connectivity index (χ4v) is 1.87. The predicted molar refractivity (Wildman–Crippen MR) is 70.5 cm³/mol. The minimum atomic E-state index is -0.212. The Bertz CT molecular complexity index is 537. The standard InChI is InChI=1S/C14H17N3O/c1-9-4-5-10(2)12(6-9)13(15)11-7-16-14(18-3)17-8-11/h4-8,13H,15H2,1-3H3. The third kappa shape index (κ3) is 2.49. The summed E-state index contributed by atoms with van der Waals surface area (Å²) in [4.78, 5) is 8.17. The highest BCUT2D eigenvalue weighted by molar-refractivity contribution is 5.37. The van der Waals surface area contributed by atoms with Gasteiger partial charge in [0.2, 0.25) is 0 Å². The monoisotopic (exact) mass is 243 g/mol. The van der Waals surface area contributed by atoms with E-state index < -0.39 is 0 Å². The van der Waals surface area contributed by atoms with Crippen molar-refractivity contribution in [2.45, 2.75) is 19.9 Å². The Balaban J connectivity index is 2.34. The average Bonchev–Trinajstić information content (AvgIpc) is 2.41. The smallest absolute Gasteiger partial charge is 0.316 e. The van der Waals surface area contributed by atoms with Crippen molar-refractivity contribution in [2.75, 3.05) is 7.11 Å². The number of aryl methyl sites for hydroxylation is 2. The van der Waals surface area contributed by atoms with Gasteiger partial charge in [-0.1, -0.05) is 23.8 Å². The second kappa shape index (κ2) is 5.14. The maximum absolute atomic E-state index is 6.26. The van der Waals surface area contributed by atoms with Crippen LogP contribution in [0.4, 0.5) is 0 Å². The van der Waals surface area contributed by atoms with E-state index in [1.54, 1.807) is 19.5 Å². The van der Waals surface area contributed by atoms with Crippen molar-refractivity contribution in [1.29, 1.82) is 0 Å². The Morgan fingerprint density at radius 3 is 2.44 bits per heavy atom. The highest BCUT2D eigenvalue weighted by Crippen LogP contribution is 2.23. The SMILES string of the molecule is COc1ncc(C(N)c2cc(C)ccc2C)cn1. The van der Waals surface area contributed by atoms with Crippen molar-refractivity contribution in [3.63, 3.8) is 0 Å². The maximum atomic E-state index is 6.26. The average molecular weight is 243 g/mol. The lowest BCUT2D eigenvalue weighted by molar-refractivity contribution is 0.379. The molecular weight excluding hydrogens is 226 g/mol. The largest absolute Gasteiger partial charge is 0.467 e. The van der Waals surface area contributed by atoms with Gasteiger partial charge in [-0.25, -0.2) is 9.97 Å². The Morgan fingerprint density at radius 2 is 1.83 bits per heavy atom. The third-order valence-corrected chi connectivity index (χ3v) is 2.96. The molecule has 2 N–H and O–H groups in total.